The minimum Gasteiger partial charge on any atom is -0.339 e. The average Bonchev–Trinajstić information content (AvgIpc) is 3.39. The van der Waals surface area contributed by atoms with Gasteiger partial charge in [0.25, 0.3) is 0 Å². The van der Waals surface area contributed by atoms with Crippen molar-refractivity contribution in [3.8, 4) is 11.4 Å². The van der Waals surface area contributed by atoms with Crippen LogP contribution in [0, 0.1) is 0 Å². The van der Waals surface area contributed by atoms with Gasteiger partial charge in [-0.1, -0.05) is 87.7 Å². The van der Waals surface area contributed by atoms with Crippen LogP contribution in [0.2, 0.25) is 0 Å². The van der Waals surface area contributed by atoms with E-state index in [1.54, 1.807) is 0 Å². The van der Waals surface area contributed by atoms with Crippen LogP contribution < -0.4 is 5.32 Å². The second-order valence-electron chi connectivity index (χ2n) is 7.92. The van der Waals surface area contributed by atoms with Gasteiger partial charge in [-0.2, -0.15) is 4.98 Å². The fourth-order valence-corrected chi connectivity index (χ4v) is 3.84. The highest BCUT2D eigenvalue weighted by molar-refractivity contribution is 5.54. The third-order valence-corrected chi connectivity index (χ3v) is 5.63. The minimum atomic E-state index is 0.372. The van der Waals surface area contributed by atoms with E-state index in [1.807, 2.05) is 0 Å². The summed E-state index contributed by atoms with van der Waals surface area (Å²) < 4.78 is 5.47. The normalized spacial score (nSPS) is 16.9. The van der Waals surface area contributed by atoms with Gasteiger partial charge in [-0.05, 0) is 31.4 Å². The van der Waals surface area contributed by atoms with Crippen LogP contribution in [-0.4, -0.2) is 23.2 Å². The molecule has 1 saturated heterocycles. The standard InChI is InChI=1S/C23H35N3O/c1-2-3-4-5-6-7-8-9-10-11-19-12-14-20(15-13-19)22-25-23(27-26-22)21-16-17-24-18-21/h12-15,21,24H,2-11,16-18H2,1H3/t21-/m1/s1. The van der Waals surface area contributed by atoms with Gasteiger partial charge in [0, 0.05) is 12.1 Å². The quantitative estimate of drug-likeness (QED) is 0.474. The van der Waals surface area contributed by atoms with Gasteiger partial charge in [0.05, 0.1) is 5.92 Å². The van der Waals surface area contributed by atoms with Crippen molar-refractivity contribution in [2.75, 3.05) is 13.1 Å². The van der Waals surface area contributed by atoms with Crippen LogP contribution in [0.3, 0.4) is 0 Å². The van der Waals surface area contributed by atoms with Gasteiger partial charge in [0.2, 0.25) is 11.7 Å². The van der Waals surface area contributed by atoms with Crippen LogP contribution >= 0.6 is 0 Å². The molecule has 27 heavy (non-hydrogen) atoms. The molecule has 1 aromatic heterocycles. The molecule has 3 rings (SSSR count). The molecule has 2 aromatic rings. The van der Waals surface area contributed by atoms with E-state index >= 15 is 0 Å². The van der Waals surface area contributed by atoms with Crippen molar-refractivity contribution in [2.45, 2.75) is 83.5 Å². The Labute approximate surface area is 164 Å². The van der Waals surface area contributed by atoms with Crippen molar-refractivity contribution in [1.82, 2.24) is 15.5 Å². The van der Waals surface area contributed by atoms with Crippen LogP contribution in [0.25, 0.3) is 11.4 Å². The van der Waals surface area contributed by atoms with E-state index in [1.165, 1.54) is 69.8 Å². The highest BCUT2D eigenvalue weighted by atomic mass is 16.5. The Morgan fingerprint density at radius 1 is 0.963 bits per heavy atom. The summed E-state index contributed by atoms with van der Waals surface area (Å²) in [5.74, 6) is 1.86. The number of aromatic nitrogens is 2. The number of benzene rings is 1. The van der Waals surface area contributed by atoms with E-state index in [4.69, 9.17) is 4.52 Å². The Kier molecular flexibility index (Phi) is 8.34. The molecule has 0 bridgehead atoms. The van der Waals surface area contributed by atoms with E-state index in [0.717, 1.165) is 31.0 Å². The first-order valence-corrected chi connectivity index (χ1v) is 11.0. The molecule has 1 aromatic carbocycles. The van der Waals surface area contributed by atoms with Gasteiger partial charge in [-0.15, -0.1) is 0 Å². The summed E-state index contributed by atoms with van der Waals surface area (Å²) in [7, 11) is 0. The molecule has 1 aliphatic heterocycles. The number of hydrogen-bond acceptors (Lipinski definition) is 4. The molecule has 1 fully saturated rings. The van der Waals surface area contributed by atoms with Gasteiger partial charge < -0.3 is 9.84 Å². The fraction of sp³-hybridized carbons (Fsp3) is 0.652. The van der Waals surface area contributed by atoms with Crippen LogP contribution in [0.1, 0.15) is 88.5 Å². The Balaban J connectivity index is 1.35. The summed E-state index contributed by atoms with van der Waals surface area (Å²) in [4.78, 5) is 4.60. The summed E-state index contributed by atoms with van der Waals surface area (Å²) >= 11 is 0. The monoisotopic (exact) mass is 369 g/mol. The van der Waals surface area contributed by atoms with Crippen LogP contribution in [-0.2, 0) is 6.42 Å². The molecule has 0 radical (unpaired) electrons. The van der Waals surface area contributed by atoms with Crippen LogP contribution in [0.4, 0.5) is 0 Å². The zero-order valence-corrected chi connectivity index (χ0v) is 16.9. The van der Waals surface area contributed by atoms with E-state index in [-0.39, 0.29) is 0 Å². The van der Waals surface area contributed by atoms with Crippen molar-refractivity contribution in [1.29, 1.82) is 0 Å². The molecule has 4 heteroatoms. The molecule has 1 aliphatic rings. The van der Waals surface area contributed by atoms with Crippen molar-refractivity contribution in [3.63, 3.8) is 0 Å². The molecule has 4 nitrogen and oxygen atoms in total. The van der Waals surface area contributed by atoms with E-state index in [0.29, 0.717) is 11.7 Å². The maximum Gasteiger partial charge on any atom is 0.231 e. The molecular weight excluding hydrogens is 334 g/mol. The number of unbranched alkanes of at least 4 members (excludes halogenated alkanes) is 8. The fourth-order valence-electron chi connectivity index (χ4n) is 3.84. The van der Waals surface area contributed by atoms with E-state index in [9.17, 15) is 0 Å². The zero-order valence-electron chi connectivity index (χ0n) is 16.9. The third-order valence-electron chi connectivity index (χ3n) is 5.63. The largest absolute Gasteiger partial charge is 0.339 e. The van der Waals surface area contributed by atoms with E-state index < -0.39 is 0 Å². The van der Waals surface area contributed by atoms with Crippen molar-refractivity contribution in [3.05, 3.63) is 35.7 Å². The van der Waals surface area contributed by atoms with Gasteiger partial charge >= 0.3 is 0 Å². The lowest BCUT2D eigenvalue weighted by atomic mass is 10.0. The molecule has 0 amide bonds. The molecule has 0 saturated carbocycles. The number of nitrogens with zero attached hydrogens (tertiary/aromatic N) is 2. The van der Waals surface area contributed by atoms with Crippen molar-refractivity contribution < 1.29 is 4.52 Å². The highest BCUT2D eigenvalue weighted by Crippen LogP contribution is 2.24. The van der Waals surface area contributed by atoms with Crippen LogP contribution in [0.5, 0.6) is 0 Å². The second-order valence-corrected chi connectivity index (χ2v) is 7.92. The molecule has 1 atom stereocenters. The lowest BCUT2D eigenvalue weighted by molar-refractivity contribution is 0.359. The highest BCUT2D eigenvalue weighted by Gasteiger charge is 2.22. The number of rotatable bonds is 12. The number of aryl methyl sites for hydroxylation is 1. The third kappa shape index (κ3) is 6.46. The average molecular weight is 370 g/mol. The summed E-state index contributed by atoms with van der Waals surface area (Å²) in [6.07, 6.45) is 14.7. The smallest absolute Gasteiger partial charge is 0.231 e. The van der Waals surface area contributed by atoms with Gasteiger partial charge in [0.1, 0.15) is 0 Å². The van der Waals surface area contributed by atoms with Gasteiger partial charge in [-0.25, -0.2) is 0 Å². The second kappa shape index (κ2) is 11.2. The maximum absolute atomic E-state index is 5.47. The predicted molar refractivity (Wildman–Crippen MR) is 111 cm³/mol. The Morgan fingerprint density at radius 2 is 1.67 bits per heavy atom. The minimum absolute atomic E-state index is 0.372. The predicted octanol–water partition coefficient (Wildman–Crippen LogP) is 5.89. The molecule has 0 unspecified atom stereocenters. The maximum atomic E-state index is 5.47. The molecule has 2 heterocycles. The number of nitrogens with one attached hydrogen (secondary N) is 1. The van der Waals surface area contributed by atoms with Crippen LogP contribution in [0.15, 0.2) is 28.8 Å². The molecule has 0 spiro atoms. The number of hydrogen-bond donors (Lipinski definition) is 1. The van der Waals surface area contributed by atoms with Gasteiger partial charge in [-0.3, -0.25) is 0 Å². The first-order valence-electron chi connectivity index (χ1n) is 11.0. The Bertz CT molecular complexity index is 644. The Hall–Kier alpha value is -1.68. The molecular formula is C23H35N3O. The zero-order chi connectivity index (χ0) is 18.7. The Morgan fingerprint density at radius 3 is 2.33 bits per heavy atom. The summed E-state index contributed by atoms with van der Waals surface area (Å²) in [6.45, 7) is 4.26. The SMILES string of the molecule is CCCCCCCCCCCc1ccc(-c2noc([C@@H]3CCNC3)n2)cc1. The van der Waals surface area contributed by atoms with Gasteiger partial charge in [0.15, 0.2) is 0 Å². The first kappa shape index (κ1) is 20.1. The topological polar surface area (TPSA) is 51.0 Å². The summed E-state index contributed by atoms with van der Waals surface area (Å²) in [5.41, 5.74) is 2.46. The molecule has 1 N–H and O–H groups in total. The first-order chi connectivity index (χ1) is 13.4. The lowest BCUT2D eigenvalue weighted by Gasteiger charge is -2.04. The van der Waals surface area contributed by atoms with Crippen molar-refractivity contribution >= 4 is 0 Å². The molecule has 0 aliphatic carbocycles. The lowest BCUT2D eigenvalue weighted by Crippen LogP contribution is -2.08. The summed E-state index contributed by atoms with van der Waals surface area (Å²) in [5, 5.41) is 7.51. The molecule has 148 valence electrons. The summed E-state index contributed by atoms with van der Waals surface area (Å²) in [6, 6.07) is 8.69. The van der Waals surface area contributed by atoms with Crippen molar-refractivity contribution in [2.24, 2.45) is 0 Å². The van der Waals surface area contributed by atoms with E-state index in [2.05, 4.69) is 46.6 Å².